The highest BCUT2D eigenvalue weighted by molar-refractivity contribution is 5.44. The van der Waals surface area contributed by atoms with Crippen LogP contribution in [-0.2, 0) is 6.42 Å². The predicted octanol–water partition coefficient (Wildman–Crippen LogP) is 2.14. The molecule has 3 rings (SSSR count). The van der Waals surface area contributed by atoms with Crippen molar-refractivity contribution < 1.29 is 9.47 Å². The van der Waals surface area contributed by atoms with Crippen LogP contribution in [0.15, 0.2) is 18.2 Å². The number of fused-ring (bicyclic) bond motifs is 1. The number of ether oxygens (including phenoxy) is 2. The Morgan fingerprint density at radius 3 is 2.82 bits per heavy atom. The van der Waals surface area contributed by atoms with Crippen molar-refractivity contribution in [2.45, 2.75) is 31.7 Å². The molecule has 1 fully saturated rings. The van der Waals surface area contributed by atoms with Gasteiger partial charge in [0.2, 0.25) is 0 Å². The Kier molecular flexibility index (Phi) is 2.71. The van der Waals surface area contributed by atoms with Crippen LogP contribution in [-0.4, -0.2) is 25.3 Å². The minimum atomic E-state index is 0.254. The maximum absolute atomic E-state index is 5.62. The quantitative estimate of drug-likeness (QED) is 0.849. The Balaban J connectivity index is 1.79. The largest absolute Gasteiger partial charge is 0.486 e. The average molecular weight is 233 g/mol. The van der Waals surface area contributed by atoms with Gasteiger partial charge in [0.05, 0.1) is 0 Å². The molecule has 1 aromatic carbocycles. The third-order valence-corrected chi connectivity index (χ3v) is 3.66. The van der Waals surface area contributed by atoms with Crippen LogP contribution in [0.5, 0.6) is 11.5 Å². The molecule has 0 aliphatic carbocycles. The Hall–Kier alpha value is -1.22. The van der Waals surface area contributed by atoms with Crippen molar-refractivity contribution in [2.24, 2.45) is 0 Å². The van der Waals surface area contributed by atoms with Gasteiger partial charge in [0, 0.05) is 5.54 Å². The Morgan fingerprint density at radius 1 is 1.24 bits per heavy atom. The lowest BCUT2D eigenvalue weighted by atomic mass is 9.91. The summed E-state index contributed by atoms with van der Waals surface area (Å²) in [7, 11) is 0. The summed E-state index contributed by atoms with van der Waals surface area (Å²) in [6, 6.07) is 6.31. The summed E-state index contributed by atoms with van der Waals surface area (Å²) in [5.41, 5.74) is 1.58. The summed E-state index contributed by atoms with van der Waals surface area (Å²) in [6.07, 6.45) is 3.59. The van der Waals surface area contributed by atoms with Crippen molar-refractivity contribution in [1.29, 1.82) is 0 Å². The van der Waals surface area contributed by atoms with Crippen LogP contribution >= 0.6 is 0 Å². The van der Waals surface area contributed by atoms with Crippen molar-refractivity contribution in [2.75, 3.05) is 19.8 Å². The lowest BCUT2D eigenvalue weighted by molar-refractivity contribution is 0.171. The molecule has 2 heterocycles. The van der Waals surface area contributed by atoms with Gasteiger partial charge in [-0.2, -0.15) is 0 Å². The van der Waals surface area contributed by atoms with E-state index < -0.39 is 0 Å². The number of rotatable bonds is 2. The second-order valence-corrected chi connectivity index (χ2v) is 5.25. The molecule has 0 saturated carbocycles. The van der Waals surface area contributed by atoms with Crippen LogP contribution < -0.4 is 14.8 Å². The zero-order chi connectivity index (χ0) is 11.7. The van der Waals surface area contributed by atoms with Gasteiger partial charge in [0.1, 0.15) is 13.2 Å². The summed E-state index contributed by atoms with van der Waals surface area (Å²) >= 11 is 0. The van der Waals surface area contributed by atoms with Crippen LogP contribution in [0.4, 0.5) is 0 Å². The lowest BCUT2D eigenvalue weighted by Gasteiger charge is -2.25. The summed E-state index contributed by atoms with van der Waals surface area (Å²) < 4.78 is 11.1. The third kappa shape index (κ3) is 2.25. The molecule has 1 N–H and O–H groups in total. The van der Waals surface area contributed by atoms with E-state index in [1.165, 1.54) is 18.4 Å². The minimum Gasteiger partial charge on any atom is -0.486 e. The number of benzene rings is 1. The molecule has 0 spiro atoms. The number of nitrogens with one attached hydrogen (secondary N) is 1. The predicted molar refractivity (Wildman–Crippen MR) is 66.8 cm³/mol. The highest BCUT2D eigenvalue weighted by Gasteiger charge is 2.28. The van der Waals surface area contributed by atoms with Gasteiger partial charge in [-0.15, -0.1) is 0 Å². The molecule has 0 radical (unpaired) electrons. The first-order valence-electron chi connectivity index (χ1n) is 6.39. The second-order valence-electron chi connectivity index (χ2n) is 5.25. The second kappa shape index (κ2) is 4.22. The van der Waals surface area contributed by atoms with Gasteiger partial charge < -0.3 is 14.8 Å². The van der Waals surface area contributed by atoms with Crippen LogP contribution in [0.25, 0.3) is 0 Å². The lowest BCUT2D eigenvalue weighted by Crippen LogP contribution is -2.38. The summed E-state index contributed by atoms with van der Waals surface area (Å²) in [5.74, 6) is 1.78. The van der Waals surface area contributed by atoms with E-state index in [0.717, 1.165) is 24.5 Å². The molecule has 1 atom stereocenters. The molecule has 0 amide bonds. The highest BCUT2D eigenvalue weighted by Crippen LogP contribution is 2.33. The fourth-order valence-corrected chi connectivity index (χ4v) is 2.76. The monoisotopic (exact) mass is 233 g/mol. The zero-order valence-corrected chi connectivity index (χ0v) is 10.3. The van der Waals surface area contributed by atoms with Crippen molar-refractivity contribution in [1.82, 2.24) is 5.32 Å². The molecule has 3 nitrogen and oxygen atoms in total. The number of hydrogen-bond donors (Lipinski definition) is 1. The molecule has 2 aliphatic rings. The van der Waals surface area contributed by atoms with E-state index in [9.17, 15) is 0 Å². The van der Waals surface area contributed by atoms with E-state index in [-0.39, 0.29) is 5.54 Å². The average Bonchev–Trinajstić information content (AvgIpc) is 2.76. The molecule has 0 aromatic heterocycles. The zero-order valence-electron chi connectivity index (χ0n) is 10.3. The van der Waals surface area contributed by atoms with Gasteiger partial charge in [-0.25, -0.2) is 0 Å². The third-order valence-electron chi connectivity index (χ3n) is 3.66. The topological polar surface area (TPSA) is 30.5 Å². The molecule has 92 valence electrons. The van der Waals surface area contributed by atoms with Gasteiger partial charge >= 0.3 is 0 Å². The Labute approximate surface area is 102 Å². The van der Waals surface area contributed by atoms with Crippen molar-refractivity contribution in [3.8, 4) is 11.5 Å². The minimum absolute atomic E-state index is 0.254. The summed E-state index contributed by atoms with van der Waals surface area (Å²) in [4.78, 5) is 0. The van der Waals surface area contributed by atoms with Crippen LogP contribution in [0.3, 0.4) is 0 Å². The molecule has 1 saturated heterocycles. The Morgan fingerprint density at radius 2 is 2.06 bits per heavy atom. The fourth-order valence-electron chi connectivity index (χ4n) is 2.76. The molecule has 1 aromatic rings. The first-order chi connectivity index (χ1) is 8.25. The summed E-state index contributed by atoms with van der Waals surface area (Å²) in [6.45, 7) is 4.76. The van der Waals surface area contributed by atoms with Gasteiger partial charge in [-0.05, 0) is 50.4 Å². The highest BCUT2D eigenvalue weighted by atomic mass is 16.6. The maximum Gasteiger partial charge on any atom is 0.161 e. The van der Waals surface area contributed by atoms with E-state index in [4.69, 9.17) is 9.47 Å². The van der Waals surface area contributed by atoms with Crippen molar-refractivity contribution >= 4 is 0 Å². The normalized spacial score (nSPS) is 27.1. The van der Waals surface area contributed by atoms with Crippen LogP contribution in [0.1, 0.15) is 25.3 Å². The van der Waals surface area contributed by atoms with E-state index in [1.54, 1.807) is 0 Å². The molecule has 3 heteroatoms. The van der Waals surface area contributed by atoms with Gasteiger partial charge in [-0.3, -0.25) is 0 Å². The molecule has 2 aliphatic heterocycles. The summed E-state index contributed by atoms with van der Waals surface area (Å²) in [5, 5.41) is 3.59. The van der Waals surface area contributed by atoms with Gasteiger partial charge in [0.15, 0.2) is 11.5 Å². The standard InChI is InChI=1S/C14H19NO2/c1-14(5-2-6-15-14)10-11-3-4-12-13(9-11)17-8-7-16-12/h3-4,9,15H,2,5-8,10H2,1H3. The van der Waals surface area contributed by atoms with E-state index in [2.05, 4.69) is 24.4 Å². The van der Waals surface area contributed by atoms with Gasteiger partial charge in [-0.1, -0.05) is 6.07 Å². The first kappa shape index (κ1) is 10.9. The smallest absolute Gasteiger partial charge is 0.161 e. The maximum atomic E-state index is 5.62. The van der Waals surface area contributed by atoms with E-state index in [1.807, 2.05) is 6.07 Å². The van der Waals surface area contributed by atoms with Crippen molar-refractivity contribution in [3.63, 3.8) is 0 Å². The van der Waals surface area contributed by atoms with E-state index in [0.29, 0.717) is 13.2 Å². The van der Waals surface area contributed by atoms with Gasteiger partial charge in [0.25, 0.3) is 0 Å². The van der Waals surface area contributed by atoms with Crippen LogP contribution in [0.2, 0.25) is 0 Å². The van der Waals surface area contributed by atoms with Crippen LogP contribution in [0, 0.1) is 0 Å². The molecule has 1 unspecified atom stereocenters. The Bertz CT molecular complexity index is 411. The molecule has 0 bridgehead atoms. The molecular formula is C14H19NO2. The first-order valence-corrected chi connectivity index (χ1v) is 6.39. The molecule has 17 heavy (non-hydrogen) atoms. The number of hydrogen-bond acceptors (Lipinski definition) is 3. The molecular weight excluding hydrogens is 214 g/mol. The fraction of sp³-hybridized carbons (Fsp3) is 0.571. The SMILES string of the molecule is CC1(Cc2ccc3c(c2)OCCO3)CCCN1. The van der Waals surface area contributed by atoms with Crippen molar-refractivity contribution in [3.05, 3.63) is 23.8 Å². The van der Waals surface area contributed by atoms with E-state index >= 15 is 0 Å².